The molecule has 0 fully saturated rings. The first-order valence-corrected chi connectivity index (χ1v) is 5.80. The Morgan fingerprint density at radius 2 is 2.16 bits per heavy atom. The van der Waals surface area contributed by atoms with Crippen LogP contribution >= 0.6 is 0 Å². The molecule has 0 unspecified atom stereocenters. The van der Waals surface area contributed by atoms with Gasteiger partial charge < -0.3 is 15.2 Å². The van der Waals surface area contributed by atoms with Crippen LogP contribution in [0, 0.1) is 10.1 Å². The highest BCUT2D eigenvalue weighted by Crippen LogP contribution is 2.27. The van der Waals surface area contributed by atoms with E-state index in [9.17, 15) is 10.1 Å². The van der Waals surface area contributed by atoms with Gasteiger partial charge in [-0.25, -0.2) is 0 Å². The maximum Gasteiger partial charge on any atom is 0.273 e. The molecule has 1 aromatic carbocycles. The topological polar surface area (TPSA) is 103 Å². The Kier molecular flexibility index (Phi) is 2.55. The molecule has 8 heteroatoms. The molecule has 0 atom stereocenters. The van der Waals surface area contributed by atoms with Gasteiger partial charge in [0.1, 0.15) is 6.33 Å². The molecule has 0 saturated carbocycles. The first kappa shape index (κ1) is 11.5. The van der Waals surface area contributed by atoms with Gasteiger partial charge in [0.25, 0.3) is 5.69 Å². The average molecular weight is 260 g/mol. The molecule has 1 aliphatic heterocycles. The number of non-ortho nitro benzene ring substituents is 1. The van der Waals surface area contributed by atoms with E-state index in [0.717, 1.165) is 24.6 Å². The molecule has 3 rings (SSSR count). The summed E-state index contributed by atoms with van der Waals surface area (Å²) in [6.07, 6.45) is 1.69. The average Bonchev–Trinajstić information content (AvgIpc) is 2.85. The second-order valence-corrected chi connectivity index (χ2v) is 4.40. The molecule has 2 aromatic rings. The van der Waals surface area contributed by atoms with Crippen molar-refractivity contribution in [3.63, 3.8) is 0 Å². The van der Waals surface area contributed by atoms with Crippen LogP contribution in [0.2, 0.25) is 0 Å². The monoisotopic (exact) mass is 260 g/mol. The molecular formula is C11H12N6O2. The van der Waals surface area contributed by atoms with Gasteiger partial charge in [-0.2, -0.15) is 0 Å². The summed E-state index contributed by atoms with van der Waals surface area (Å²) in [6.45, 7) is 2.07. The van der Waals surface area contributed by atoms with Gasteiger partial charge in [0.15, 0.2) is 5.82 Å². The molecule has 0 bridgehead atoms. The van der Waals surface area contributed by atoms with Crippen LogP contribution in [0.4, 0.5) is 17.1 Å². The van der Waals surface area contributed by atoms with E-state index in [4.69, 9.17) is 5.73 Å². The number of hydrogen-bond acceptors (Lipinski definition) is 6. The number of rotatable bonds is 2. The van der Waals surface area contributed by atoms with Crippen molar-refractivity contribution >= 4 is 17.1 Å². The summed E-state index contributed by atoms with van der Waals surface area (Å²) in [7, 11) is 0. The summed E-state index contributed by atoms with van der Waals surface area (Å²) in [5.41, 5.74) is 6.84. The summed E-state index contributed by atoms with van der Waals surface area (Å²) in [5, 5.41) is 18.7. The fraction of sp³-hybridized carbons (Fsp3) is 0.273. The first-order chi connectivity index (χ1) is 9.13. The van der Waals surface area contributed by atoms with Crippen molar-refractivity contribution in [2.24, 2.45) is 0 Å². The van der Waals surface area contributed by atoms with Gasteiger partial charge in [-0.1, -0.05) is 0 Å². The van der Waals surface area contributed by atoms with E-state index in [1.54, 1.807) is 12.4 Å². The Bertz CT molecular complexity index is 638. The summed E-state index contributed by atoms with van der Waals surface area (Å²) < 4.78 is 1.97. The minimum absolute atomic E-state index is 0.00189. The highest BCUT2D eigenvalue weighted by molar-refractivity contribution is 5.62. The number of nitrogens with two attached hydrogens (primary N) is 1. The van der Waals surface area contributed by atoms with Crippen LogP contribution in [0.25, 0.3) is 0 Å². The van der Waals surface area contributed by atoms with E-state index in [1.165, 1.54) is 12.1 Å². The maximum absolute atomic E-state index is 10.9. The molecule has 1 aliphatic rings. The molecule has 2 N–H and O–H groups in total. The zero-order valence-corrected chi connectivity index (χ0v) is 10.1. The lowest BCUT2D eigenvalue weighted by Crippen LogP contribution is -2.33. The van der Waals surface area contributed by atoms with Crippen LogP contribution in [-0.4, -0.2) is 26.2 Å². The zero-order valence-electron chi connectivity index (χ0n) is 10.1. The summed E-state index contributed by atoms with van der Waals surface area (Å²) >= 11 is 0. The van der Waals surface area contributed by atoms with E-state index in [0.29, 0.717) is 12.2 Å². The maximum atomic E-state index is 10.9. The summed E-state index contributed by atoms with van der Waals surface area (Å²) in [4.78, 5) is 12.4. The Balaban J connectivity index is 1.93. The number of anilines is 2. The number of benzene rings is 1. The van der Waals surface area contributed by atoms with Crippen LogP contribution < -0.4 is 10.6 Å². The molecular weight excluding hydrogens is 248 g/mol. The standard InChI is InChI=1S/C11H12N6O2/c12-8-3-9(5-10(4-8)17(18)19)15-1-2-16-7-13-14-11(16)6-15/h3-5,7H,1-2,6,12H2. The second kappa shape index (κ2) is 4.23. The van der Waals surface area contributed by atoms with Gasteiger partial charge in [-0.3, -0.25) is 10.1 Å². The molecule has 0 saturated heterocycles. The second-order valence-electron chi connectivity index (χ2n) is 4.40. The third-order valence-corrected chi connectivity index (χ3v) is 3.14. The molecule has 8 nitrogen and oxygen atoms in total. The fourth-order valence-electron chi connectivity index (χ4n) is 2.19. The quantitative estimate of drug-likeness (QED) is 0.486. The lowest BCUT2D eigenvalue weighted by molar-refractivity contribution is -0.384. The van der Waals surface area contributed by atoms with Crippen molar-refractivity contribution in [3.8, 4) is 0 Å². The summed E-state index contributed by atoms with van der Waals surface area (Å²) in [6, 6.07) is 4.62. The molecule has 2 heterocycles. The number of aromatic nitrogens is 3. The van der Waals surface area contributed by atoms with Gasteiger partial charge in [-0.15, -0.1) is 10.2 Å². The van der Waals surface area contributed by atoms with Gasteiger partial charge in [0.05, 0.1) is 11.5 Å². The van der Waals surface area contributed by atoms with E-state index in [-0.39, 0.29) is 5.69 Å². The molecule has 0 aliphatic carbocycles. The first-order valence-electron chi connectivity index (χ1n) is 5.80. The van der Waals surface area contributed by atoms with E-state index in [1.807, 2.05) is 9.47 Å². The number of nitrogen functional groups attached to an aromatic ring is 1. The molecule has 0 radical (unpaired) electrons. The van der Waals surface area contributed by atoms with E-state index in [2.05, 4.69) is 10.2 Å². The predicted molar refractivity (Wildman–Crippen MR) is 68.6 cm³/mol. The third kappa shape index (κ3) is 2.07. The molecule has 19 heavy (non-hydrogen) atoms. The molecule has 98 valence electrons. The van der Waals surface area contributed by atoms with Crippen molar-refractivity contribution in [2.45, 2.75) is 13.1 Å². The minimum atomic E-state index is -0.438. The van der Waals surface area contributed by atoms with Crippen molar-refractivity contribution in [1.82, 2.24) is 14.8 Å². The number of nitro benzene ring substituents is 1. The largest absolute Gasteiger partial charge is 0.398 e. The van der Waals surface area contributed by atoms with Crippen LogP contribution in [0.15, 0.2) is 24.5 Å². The van der Waals surface area contributed by atoms with Crippen LogP contribution in [0.3, 0.4) is 0 Å². The zero-order chi connectivity index (χ0) is 13.4. The van der Waals surface area contributed by atoms with Crippen molar-refractivity contribution in [1.29, 1.82) is 0 Å². The molecule has 1 aromatic heterocycles. The van der Waals surface area contributed by atoms with Crippen LogP contribution in [0.1, 0.15) is 5.82 Å². The van der Waals surface area contributed by atoms with E-state index < -0.39 is 4.92 Å². The lowest BCUT2D eigenvalue weighted by Gasteiger charge is -2.29. The molecule has 0 amide bonds. The Morgan fingerprint density at radius 1 is 1.32 bits per heavy atom. The van der Waals surface area contributed by atoms with Gasteiger partial charge in [0.2, 0.25) is 0 Å². The number of nitro groups is 1. The highest BCUT2D eigenvalue weighted by atomic mass is 16.6. The van der Waals surface area contributed by atoms with Crippen LogP contribution in [-0.2, 0) is 13.1 Å². The van der Waals surface area contributed by atoms with Gasteiger partial charge >= 0.3 is 0 Å². The van der Waals surface area contributed by atoms with Gasteiger partial charge in [0, 0.05) is 36.6 Å². The number of fused-ring (bicyclic) bond motifs is 1. The summed E-state index contributed by atoms with van der Waals surface area (Å²) in [5.74, 6) is 0.844. The highest BCUT2D eigenvalue weighted by Gasteiger charge is 2.20. The lowest BCUT2D eigenvalue weighted by atomic mass is 10.2. The normalized spacial score (nSPS) is 14.2. The van der Waals surface area contributed by atoms with Crippen molar-refractivity contribution < 1.29 is 4.92 Å². The fourth-order valence-corrected chi connectivity index (χ4v) is 2.19. The smallest absolute Gasteiger partial charge is 0.273 e. The molecule has 0 spiro atoms. The van der Waals surface area contributed by atoms with Crippen molar-refractivity contribution in [2.75, 3.05) is 17.2 Å². The predicted octanol–water partition coefficient (Wildman–Crippen LogP) is 0.789. The van der Waals surface area contributed by atoms with Crippen LogP contribution in [0.5, 0.6) is 0 Å². The van der Waals surface area contributed by atoms with Gasteiger partial charge in [-0.05, 0) is 6.07 Å². The Hall–Kier alpha value is -2.64. The number of nitrogens with zero attached hydrogens (tertiary/aromatic N) is 5. The van der Waals surface area contributed by atoms with Crippen molar-refractivity contribution in [3.05, 3.63) is 40.5 Å². The Labute approximate surface area is 108 Å². The number of hydrogen-bond donors (Lipinski definition) is 1. The van der Waals surface area contributed by atoms with E-state index >= 15 is 0 Å². The SMILES string of the molecule is Nc1cc(N2CCn3cnnc3C2)cc([N+](=O)[O-])c1. The minimum Gasteiger partial charge on any atom is -0.398 e. The third-order valence-electron chi connectivity index (χ3n) is 3.14. The Morgan fingerprint density at radius 3 is 2.95 bits per heavy atom.